The van der Waals surface area contributed by atoms with Crippen molar-refractivity contribution in [2.24, 2.45) is 0 Å². The first-order valence-corrected chi connectivity index (χ1v) is 6.00. The van der Waals surface area contributed by atoms with Gasteiger partial charge in [-0.1, -0.05) is 23.9 Å². The summed E-state index contributed by atoms with van der Waals surface area (Å²) in [6.45, 7) is 4.81. The third-order valence-electron chi connectivity index (χ3n) is 2.45. The number of para-hydroxylation sites is 1. The van der Waals surface area contributed by atoms with Crippen LogP contribution in [-0.2, 0) is 0 Å². The maximum atomic E-state index is 9.33. The van der Waals surface area contributed by atoms with Gasteiger partial charge in [-0.3, -0.25) is 0 Å². The number of thioether (sulfide) groups is 1. The molecular formula is C12H15NOS. The Hall–Kier alpha value is -1.09. The molecule has 0 bridgehead atoms. The van der Waals surface area contributed by atoms with Crippen LogP contribution in [0.4, 0.5) is 5.69 Å². The molecule has 0 amide bonds. The Morgan fingerprint density at radius 2 is 2.27 bits per heavy atom. The molecule has 1 unspecified atom stereocenters. The monoisotopic (exact) mass is 221 g/mol. The van der Waals surface area contributed by atoms with Crippen molar-refractivity contribution in [1.82, 2.24) is 0 Å². The number of likely N-dealkylation sites (N-methyl/N-ethyl adjacent to an activating group) is 1. The maximum absolute atomic E-state index is 9.33. The molecule has 80 valence electrons. The van der Waals surface area contributed by atoms with Crippen molar-refractivity contribution in [3.63, 3.8) is 0 Å². The molecule has 0 aliphatic carbocycles. The third-order valence-corrected chi connectivity index (χ3v) is 3.69. The average molecular weight is 221 g/mol. The fourth-order valence-corrected chi connectivity index (χ4v) is 3.18. The minimum Gasteiger partial charge on any atom is -0.513 e. The van der Waals surface area contributed by atoms with E-state index in [4.69, 9.17) is 0 Å². The molecule has 2 nitrogen and oxygen atoms in total. The summed E-state index contributed by atoms with van der Waals surface area (Å²) in [6.07, 6.45) is 1.90. The Morgan fingerprint density at radius 1 is 1.53 bits per heavy atom. The zero-order valence-electron chi connectivity index (χ0n) is 8.97. The standard InChI is InChI=1S/C12H15NOS/c1-3-13-10-6-4-5-7-11(10)15-12(13)8-9(2)14/h4-8,12,14H,3H2,1-2H3. The van der Waals surface area contributed by atoms with Crippen LogP contribution in [0.3, 0.4) is 0 Å². The third kappa shape index (κ3) is 1.97. The molecule has 2 rings (SSSR count). The lowest BCUT2D eigenvalue weighted by Crippen LogP contribution is -2.27. The summed E-state index contributed by atoms with van der Waals surface area (Å²) >= 11 is 1.79. The van der Waals surface area contributed by atoms with E-state index in [2.05, 4.69) is 36.1 Å². The highest BCUT2D eigenvalue weighted by Gasteiger charge is 2.26. The molecule has 1 aromatic rings. The molecule has 0 aromatic heterocycles. The van der Waals surface area contributed by atoms with Gasteiger partial charge in [-0.05, 0) is 32.1 Å². The lowest BCUT2D eigenvalue weighted by molar-refractivity contribution is 0.411. The number of aliphatic hydroxyl groups is 1. The Bertz CT molecular complexity index is 385. The number of benzene rings is 1. The maximum Gasteiger partial charge on any atom is 0.102 e. The van der Waals surface area contributed by atoms with E-state index in [9.17, 15) is 5.11 Å². The molecule has 1 aliphatic heterocycles. The van der Waals surface area contributed by atoms with E-state index in [0.29, 0.717) is 5.76 Å². The number of nitrogens with zero attached hydrogens (tertiary/aromatic N) is 1. The van der Waals surface area contributed by atoms with Gasteiger partial charge in [0, 0.05) is 11.4 Å². The molecule has 1 atom stereocenters. The molecule has 1 heterocycles. The number of fused-ring (bicyclic) bond motifs is 1. The molecular weight excluding hydrogens is 206 g/mol. The predicted octanol–water partition coefficient (Wildman–Crippen LogP) is 3.41. The number of hydrogen-bond donors (Lipinski definition) is 1. The molecule has 0 saturated heterocycles. The van der Waals surface area contributed by atoms with E-state index < -0.39 is 0 Å². The molecule has 0 radical (unpaired) electrons. The zero-order chi connectivity index (χ0) is 10.8. The summed E-state index contributed by atoms with van der Waals surface area (Å²) in [4.78, 5) is 3.58. The number of hydrogen-bond acceptors (Lipinski definition) is 3. The van der Waals surface area contributed by atoms with Crippen LogP contribution in [0.2, 0.25) is 0 Å². The Labute approximate surface area is 94.6 Å². The van der Waals surface area contributed by atoms with E-state index in [1.807, 2.05) is 6.08 Å². The normalized spacial score (nSPS) is 20.5. The van der Waals surface area contributed by atoms with E-state index in [0.717, 1.165) is 6.54 Å². The zero-order valence-corrected chi connectivity index (χ0v) is 9.79. The smallest absolute Gasteiger partial charge is 0.102 e. The van der Waals surface area contributed by atoms with Gasteiger partial charge >= 0.3 is 0 Å². The van der Waals surface area contributed by atoms with Crippen molar-refractivity contribution in [2.45, 2.75) is 24.1 Å². The largest absolute Gasteiger partial charge is 0.513 e. The van der Waals surface area contributed by atoms with E-state index >= 15 is 0 Å². The Kier molecular flexibility index (Phi) is 2.91. The van der Waals surface area contributed by atoms with Crippen LogP contribution in [-0.4, -0.2) is 17.0 Å². The molecule has 1 aromatic carbocycles. The molecule has 0 fully saturated rings. The summed E-state index contributed by atoms with van der Waals surface area (Å²) in [5.74, 6) is 0.388. The molecule has 0 spiro atoms. The van der Waals surface area contributed by atoms with E-state index in [-0.39, 0.29) is 5.37 Å². The Balaban J connectivity index is 2.32. The van der Waals surface area contributed by atoms with Crippen LogP contribution in [0.15, 0.2) is 41.0 Å². The van der Waals surface area contributed by atoms with Gasteiger partial charge < -0.3 is 10.0 Å². The van der Waals surface area contributed by atoms with Crippen LogP contribution in [0, 0.1) is 0 Å². The van der Waals surface area contributed by atoms with Crippen molar-refractivity contribution < 1.29 is 5.11 Å². The predicted molar refractivity (Wildman–Crippen MR) is 65.5 cm³/mol. The van der Waals surface area contributed by atoms with Gasteiger partial charge in [0.25, 0.3) is 0 Å². The summed E-state index contributed by atoms with van der Waals surface area (Å²) in [7, 11) is 0. The SMILES string of the molecule is CCN1c2ccccc2SC1C=C(C)O. The van der Waals surface area contributed by atoms with Crippen LogP contribution in [0.1, 0.15) is 13.8 Å². The van der Waals surface area contributed by atoms with Crippen molar-refractivity contribution in [3.8, 4) is 0 Å². The molecule has 1 aliphatic rings. The summed E-state index contributed by atoms with van der Waals surface area (Å²) in [6, 6.07) is 8.37. The molecule has 1 N–H and O–H groups in total. The number of aliphatic hydroxyl groups excluding tert-OH is 1. The second kappa shape index (κ2) is 4.19. The fourth-order valence-electron chi connectivity index (χ4n) is 1.81. The Morgan fingerprint density at radius 3 is 2.93 bits per heavy atom. The molecule has 15 heavy (non-hydrogen) atoms. The van der Waals surface area contributed by atoms with Crippen LogP contribution >= 0.6 is 11.8 Å². The highest BCUT2D eigenvalue weighted by Crippen LogP contribution is 2.43. The first-order chi connectivity index (χ1) is 7.22. The quantitative estimate of drug-likeness (QED) is 0.774. The van der Waals surface area contributed by atoms with Gasteiger partial charge in [-0.25, -0.2) is 0 Å². The topological polar surface area (TPSA) is 23.5 Å². The van der Waals surface area contributed by atoms with Crippen molar-refractivity contribution >= 4 is 17.4 Å². The summed E-state index contributed by atoms with van der Waals surface area (Å²) in [5.41, 5.74) is 1.27. The average Bonchev–Trinajstić information content (AvgIpc) is 2.53. The molecule has 0 saturated carbocycles. The summed E-state index contributed by atoms with van der Waals surface area (Å²) < 4.78 is 0. The van der Waals surface area contributed by atoms with E-state index in [1.54, 1.807) is 18.7 Å². The number of rotatable bonds is 2. The van der Waals surface area contributed by atoms with Crippen molar-refractivity contribution in [2.75, 3.05) is 11.4 Å². The number of anilines is 1. The minimum atomic E-state index is 0.234. The highest BCUT2D eigenvalue weighted by molar-refractivity contribution is 8.00. The van der Waals surface area contributed by atoms with Gasteiger partial charge in [-0.2, -0.15) is 0 Å². The van der Waals surface area contributed by atoms with E-state index in [1.165, 1.54) is 10.6 Å². The first-order valence-electron chi connectivity index (χ1n) is 5.12. The van der Waals surface area contributed by atoms with Gasteiger partial charge in [0.05, 0.1) is 11.4 Å². The van der Waals surface area contributed by atoms with Crippen molar-refractivity contribution in [1.29, 1.82) is 0 Å². The lowest BCUT2D eigenvalue weighted by atomic mass is 10.3. The fraction of sp³-hybridized carbons (Fsp3) is 0.333. The van der Waals surface area contributed by atoms with Gasteiger partial charge in [-0.15, -0.1) is 0 Å². The second-order valence-electron chi connectivity index (χ2n) is 3.57. The molecule has 3 heteroatoms. The lowest BCUT2D eigenvalue weighted by Gasteiger charge is -2.22. The van der Waals surface area contributed by atoms with Crippen molar-refractivity contribution in [3.05, 3.63) is 36.1 Å². The first kappa shape index (κ1) is 10.4. The van der Waals surface area contributed by atoms with Crippen LogP contribution in [0.25, 0.3) is 0 Å². The number of allylic oxidation sites excluding steroid dienone is 1. The summed E-state index contributed by atoms with van der Waals surface area (Å²) in [5, 5.41) is 9.56. The van der Waals surface area contributed by atoms with Gasteiger partial charge in [0.2, 0.25) is 0 Å². The highest BCUT2D eigenvalue weighted by atomic mass is 32.2. The van der Waals surface area contributed by atoms with Gasteiger partial charge in [0.15, 0.2) is 0 Å². The second-order valence-corrected chi connectivity index (χ2v) is 4.73. The minimum absolute atomic E-state index is 0.234. The van der Waals surface area contributed by atoms with Crippen LogP contribution < -0.4 is 4.90 Å². The van der Waals surface area contributed by atoms with Gasteiger partial charge in [0.1, 0.15) is 5.37 Å². The van der Waals surface area contributed by atoms with Crippen LogP contribution in [0.5, 0.6) is 0 Å².